The van der Waals surface area contributed by atoms with Crippen LogP contribution in [-0.2, 0) is 17.8 Å². The summed E-state index contributed by atoms with van der Waals surface area (Å²) in [7, 11) is 3.99. The molecule has 0 spiro atoms. The number of rotatable bonds is 8. The van der Waals surface area contributed by atoms with Crippen LogP contribution >= 0.6 is 0 Å². The van der Waals surface area contributed by atoms with E-state index in [1.807, 2.05) is 18.0 Å². The molecule has 0 saturated carbocycles. The van der Waals surface area contributed by atoms with Gasteiger partial charge in [0.15, 0.2) is 0 Å². The van der Waals surface area contributed by atoms with Gasteiger partial charge in [0.05, 0.1) is 5.69 Å². The number of hydrazine groups is 1. The van der Waals surface area contributed by atoms with E-state index in [-0.39, 0.29) is 18.0 Å². The lowest BCUT2D eigenvalue weighted by Crippen LogP contribution is -2.41. The molecule has 184 valence electrons. The number of hydrogen-bond acceptors (Lipinski definition) is 7. The van der Waals surface area contributed by atoms with Crippen molar-refractivity contribution in [2.45, 2.75) is 51.9 Å². The summed E-state index contributed by atoms with van der Waals surface area (Å²) < 4.78 is 5.51. The van der Waals surface area contributed by atoms with E-state index in [0.29, 0.717) is 26.3 Å². The van der Waals surface area contributed by atoms with E-state index < -0.39 is 0 Å². The molecule has 2 aliphatic rings. The highest BCUT2D eigenvalue weighted by molar-refractivity contribution is 5.98. The third-order valence-corrected chi connectivity index (χ3v) is 6.75. The van der Waals surface area contributed by atoms with Gasteiger partial charge in [0.25, 0.3) is 5.91 Å². The first-order valence-corrected chi connectivity index (χ1v) is 12.3. The number of pyridine rings is 1. The van der Waals surface area contributed by atoms with Crippen LogP contribution in [0.2, 0.25) is 0 Å². The van der Waals surface area contributed by atoms with E-state index in [4.69, 9.17) is 15.5 Å². The zero-order chi connectivity index (χ0) is 24.2. The Balaban J connectivity index is 1.72. The van der Waals surface area contributed by atoms with Crippen LogP contribution in [0.3, 0.4) is 0 Å². The summed E-state index contributed by atoms with van der Waals surface area (Å²) in [6.45, 7) is 8.55. The van der Waals surface area contributed by atoms with Crippen molar-refractivity contribution in [2.75, 3.05) is 45.4 Å². The van der Waals surface area contributed by atoms with E-state index in [1.165, 1.54) is 5.56 Å². The van der Waals surface area contributed by atoms with Crippen LogP contribution in [-0.4, -0.2) is 73.2 Å². The van der Waals surface area contributed by atoms with Gasteiger partial charge in [0.1, 0.15) is 5.82 Å². The largest absolute Gasteiger partial charge is 0.381 e. The van der Waals surface area contributed by atoms with Gasteiger partial charge in [-0.1, -0.05) is 18.2 Å². The molecule has 0 unspecified atom stereocenters. The minimum absolute atomic E-state index is 0.0537. The van der Waals surface area contributed by atoms with Gasteiger partial charge >= 0.3 is 0 Å². The molecule has 1 amide bonds. The molecule has 1 saturated heterocycles. The van der Waals surface area contributed by atoms with Crippen LogP contribution in [0.4, 0.5) is 5.82 Å². The van der Waals surface area contributed by atoms with E-state index in [0.717, 1.165) is 54.1 Å². The van der Waals surface area contributed by atoms with Crippen molar-refractivity contribution in [1.29, 1.82) is 0 Å². The molecule has 3 heterocycles. The van der Waals surface area contributed by atoms with E-state index in [1.54, 1.807) is 0 Å². The number of carbonyl (C=O) groups is 1. The summed E-state index contributed by atoms with van der Waals surface area (Å²) in [6, 6.07) is 10.8. The lowest BCUT2D eigenvalue weighted by atomic mass is 10.0. The topological polar surface area (TPSA) is 87.0 Å². The van der Waals surface area contributed by atoms with E-state index in [2.05, 4.69) is 60.5 Å². The number of hydrogen-bond donors (Lipinski definition) is 2. The Bertz CT molecular complexity index is 1000. The number of likely N-dealkylation sites (N-methyl/N-ethyl adjacent to an activating group) is 1. The summed E-state index contributed by atoms with van der Waals surface area (Å²) in [4.78, 5) is 22.9. The van der Waals surface area contributed by atoms with Crippen LogP contribution in [0, 0.1) is 0 Å². The van der Waals surface area contributed by atoms with E-state index >= 15 is 0 Å². The van der Waals surface area contributed by atoms with Gasteiger partial charge in [0, 0.05) is 75.2 Å². The summed E-state index contributed by atoms with van der Waals surface area (Å²) in [5, 5.41) is 2.07. The van der Waals surface area contributed by atoms with Crippen LogP contribution < -0.4 is 16.2 Å². The number of fused-ring (bicyclic) bond motifs is 1. The maximum atomic E-state index is 13.7. The van der Waals surface area contributed by atoms with Crippen molar-refractivity contribution in [1.82, 2.24) is 20.2 Å². The smallest absolute Gasteiger partial charge is 0.254 e. The third kappa shape index (κ3) is 5.25. The van der Waals surface area contributed by atoms with Gasteiger partial charge in [-0.2, -0.15) is 0 Å². The molecule has 8 heteroatoms. The fourth-order valence-corrected chi connectivity index (χ4v) is 4.81. The second-order valence-corrected chi connectivity index (χ2v) is 9.64. The second-order valence-electron chi connectivity index (χ2n) is 9.64. The molecule has 4 rings (SSSR count). The highest BCUT2D eigenvalue weighted by Crippen LogP contribution is 2.33. The standard InChI is InChI=1S/C26H38N6O2/c1-18(2)32-25-23(16-28-32)22(26(33)31(4)21-8-12-34-13-9-21)15-24(29-25)20-7-5-6-19(14-20)17-30(3)11-10-27/h5-7,14-15,18,21,28H,8-13,16-17,27H2,1-4H3. The zero-order valence-corrected chi connectivity index (χ0v) is 20.9. The van der Waals surface area contributed by atoms with Gasteiger partial charge < -0.3 is 20.3 Å². The van der Waals surface area contributed by atoms with Gasteiger partial charge in [-0.3, -0.25) is 9.80 Å². The molecular formula is C26H38N6O2. The number of nitrogens with one attached hydrogen (secondary N) is 1. The summed E-state index contributed by atoms with van der Waals surface area (Å²) in [6.07, 6.45) is 1.74. The van der Waals surface area contributed by atoms with Crippen molar-refractivity contribution >= 4 is 11.7 Å². The SMILES string of the molecule is CC(C)N1NCc2c(C(=O)N(C)C3CCOCC3)cc(-c3cccc(CN(C)CCN)c3)nc21. The summed E-state index contributed by atoms with van der Waals surface area (Å²) in [5.74, 6) is 0.903. The number of nitrogens with zero attached hydrogens (tertiary/aromatic N) is 4. The van der Waals surface area contributed by atoms with Crippen LogP contribution in [0.25, 0.3) is 11.3 Å². The lowest BCUT2D eigenvalue weighted by molar-refractivity contribution is 0.0361. The molecule has 34 heavy (non-hydrogen) atoms. The molecule has 8 nitrogen and oxygen atoms in total. The van der Waals surface area contributed by atoms with Crippen LogP contribution in [0.1, 0.15) is 48.2 Å². The van der Waals surface area contributed by atoms with E-state index in [9.17, 15) is 4.79 Å². The van der Waals surface area contributed by atoms with Crippen molar-refractivity contribution in [3.05, 3.63) is 47.0 Å². The maximum absolute atomic E-state index is 13.7. The highest BCUT2D eigenvalue weighted by Gasteiger charge is 2.32. The van der Waals surface area contributed by atoms with Gasteiger partial charge in [0.2, 0.25) is 0 Å². The average molecular weight is 467 g/mol. The van der Waals surface area contributed by atoms with Crippen molar-refractivity contribution in [2.24, 2.45) is 5.73 Å². The van der Waals surface area contributed by atoms with Crippen molar-refractivity contribution < 1.29 is 9.53 Å². The quantitative estimate of drug-likeness (QED) is 0.618. The summed E-state index contributed by atoms with van der Waals surface area (Å²) >= 11 is 0. The Morgan fingerprint density at radius 2 is 2.03 bits per heavy atom. The normalized spacial score (nSPS) is 16.4. The van der Waals surface area contributed by atoms with Gasteiger partial charge in [-0.05, 0) is 51.4 Å². The molecule has 0 bridgehead atoms. The zero-order valence-electron chi connectivity index (χ0n) is 20.9. The predicted octanol–water partition coefficient (Wildman–Crippen LogP) is 2.62. The van der Waals surface area contributed by atoms with Crippen LogP contribution in [0.5, 0.6) is 0 Å². The molecule has 1 aromatic heterocycles. The number of ether oxygens (including phenoxy) is 1. The number of aromatic nitrogens is 1. The molecule has 0 atom stereocenters. The van der Waals surface area contributed by atoms with Gasteiger partial charge in [-0.25, -0.2) is 10.4 Å². The second kappa shape index (κ2) is 10.8. The minimum atomic E-state index is 0.0537. The van der Waals surface area contributed by atoms with Crippen LogP contribution in [0.15, 0.2) is 30.3 Å². The first kappa shape index (κ1) is 24.6. The summed E-state index contributed by atoms with van der Waals surface area (Å²) in [5.41, 5.74) is 13.9. The third-order valence-electron chi connectivity index (χ3n) is 6.75. The van der Waals surface area contributed by atoms with Crippen molar-refractivity contribution in [3.63, 3.8) is 0 Å². The minimum Gasteiger partial charge on any atom is -0.381 e. The first-order chi connectivity index (χ1) is 16.4. The Morgan fingerprint density at radius 3 is 2.74 bits per heavy atom. The maximum Gasteiger partial charge on any atom is 0.254 e. The van der Waals surface area contributed by atoms with Gasteiger partial charge in [-0.15, -0.1) is 0 Å². The monoisotopic (exact) mass is 466 g/mol. The fraction of sp³-hybridized carbons (Fsp3) is 0.538. The number of anilines is 1. The number of nitrogens with two attached hydrogens (primary N) is 1. The van der Waals surface area contributed by atoms with Crippen molar-refractivity contribution in [3.8, 4) is 11.3 Å². The average Bonchev–Trinajstić information content (AvgIpc) is 3.28. The highest BCUT2D eigenvalue weighted by atomic mass is 16.5. The Hall–Kier alpha value is -2.52. The molecule has 0 aliphatic carbocycles. The predicted molar refractivity (Wildman–Crippen MR) is 135 cm³/mol. The molecule has 0 radical (unpaired) electrons. The molecular weight excluding hydrogens is 428 g/mol. The molecule has 2 aliphatic heterocycles. The fourth-order valence-electron chi connectivity index (χ4n) is 4.81. The Kier molecular flexibility index (Phi) is 7.83. The number of carbonyl (C=O) groups excluding carboxylic acids is 1. The Morgan fingerprint density at radius 1 is 1.26 bits per heavy atom. The first-order valence-electron chi connectivity index (χ1n) is 12.3. The molecule has 2 aromatic rings. The Labute approximate surface area is 203 Å². The molecule has 1 fully saturated rings. The number of benzene rings is 1. The number of amides is 1. The lowest BCUT2D eigenvalue weighted by Gasteiger charge is -2.31. The molecule has 1 aromatic carbocycles. The molecule has 3 N–H and O–H groups in total.